The molecular weight excluding hydrogens is 456 g/mol. The van der Waals surface area contributed by atoms with Gasteiger partial charge in [0.05, 0.1) is 7.11 Å². The lowest BCUT2D eigenvalue weighted by Gasteiger charge is -2.34. The maximum Gasteiger partial charge on any atom is 0.414 e. The van der Waals surface area contributed by atoms with Crippen LogP contribution in [-0.2, 0) is 16.1 Å². The normalized spacial score (nSPS) is 13.7. The van der Waals surface area contributed by atoms with Crippen molar-refractivity contribution in [3.8, 4) is 5.75 Å². The van der Waals surface area contributed by atoms with E-state index in [1.54, 1.807) is 13.2 Å². The number of carboxylic acid groups (broad SMARTS) is 2. The Morgan fingerprint density at radius 2 is 1.60 bits per heavy atom. The largest absolute Gasteiger partial charge is 0.497 e. The lowest BCUT2D eigenvalue weighted by Crippen LogP contribution is -2.48. The Balaban J connectivity index is 0.000000469. The van der Waals surface area contributed by atoms with Gasteiger partial charge in [-0.05, 0) is 35.9 Å². The van der Waals surface area contributed by atoms with Gasteiger partial charge in [-0.25, -0.2) is 9.59 Å². The predicted octanol–water partition coefficient (Wildman–Crippen LogP) is 2.57. The molecule has 0 bridgehead atoms. The number of methoxy groups -OCH3 is 1. The van der Waals surface area contributed by atoms with E-state index in [-0.39, 0.29) is 5.91 Å². The van der Waals surface area contributed by atoms with Crippen LogP contribution in [0.1, 0.15) is 15.9 Å². The standard InChI is InChI=1S/C19H21BrN2O2.C2H2O4/c1-24-18-7-3-5-16(13-18)19(23)22-10-8-21(9-11-22)14-15-4-2-6-17(20)12-15;3-1(4)2(5)6/h2-7,12-13H,8-11,14H2,1H3;(H,3,4)(H,5,6). The van der Waals surface area contributed by atoms with Crippen molar-refractivity contribution in [1.82, 2.24) is 9.80 Å². The van der Waals surface area contributed by atoms with Crippen LogP contribution in [0.2, 0.25) is 0 Å². The monoisotopic (exact) mass is 478 g/mol. The van der Waals surface area contributed by atoms with Gasteiger partial charge in [-0.15, -0.1) is 0 Å². The van der Waals surface area contributed by atoms with Crippen molar-refractivity contribution in [1.29, 1.82) is 0 Å². The van der Waals surface area contributed by atoms with Crippen LogP contribution < -0.4 is 4.74 Å². The van der Waals surface area contributed by atoms with Crippen LogP contribution in [-0.4, -0.2) is 71.1 Å². The zero-order chi connectivity index (χ0) is 22.1. The molecule has 1 aliphatic heterocycles. The van der Waals surface area contributed by atoms with Crippen LogP contribution in [0.15, 0.2) is 53.0 Å². The third kappa shape index (κ3) is 7.16. The number of aliphatic carboxylic acids is 2. The summed E-state index contributed by atoms with van der Waals surface area (Å²) in [4.78, 5) is 35.1. The number of amides is 1. The zero-order valence-electron chi connectivity index (χ0n) is 16.5. The Morgan fingerprint density at radius 1 is 0.967 bits per heavy atom. The lowest BCUT2D eigenvalue weighted by molar-refractivity contribution is -0.159. The number of halogens is 1. The van der Waals surface area contributed by atoms with Crippen LogP contribution in [0, 0.1) is 0 Å². The highest BCUT2D eigenvalue weighted by molar-refractivity contribution is 9.10. The third-order valence-corrected chi connectivity index (χ3v) is 4.95. The summed E-state index contributed by atoms with van der Waals surface area (Å²) in [6, 6.07) is 15.7. The maximum absolute atomic E-state index is 12.6. The average molecular weight is 479 g/mol. The summed E-state index contributed by atoms with van der Waals surface area (Å²) in [6.45, 7) is 4.21. The molecule has 0 unspecified atom stereocenters. The van der Waals surface area contributed by atoms with Crippen molar-refractivity contribution in [3.05, 3.63) is 64.1 Å². The van der Waals surface area contributed by atoms with Crippen molar-refractivity contribution in [2.75, 3.05) is 33.3 Å². The number of hydrogen-bond acceptors (Lipinski definition) is 5. The first-order valence-corrected chi connectivity index (χ1v) is 9.95. The van der Waals surface area contributed by atoms with Gasteiger partial charge < -0.3 is 19.8 Å². The molecule has 0 spiro atoms. The van der Waals surface area contributed by atoms with Crippen molar-refractivity contribution >= 4 is 33.8 Å². The molecular formula is C21H23BrN2O6. The van der Waals surface area contributed by atoms with E-state index in [9.17, 15) is 4.79 Å². The Labute approximate surface area is 182 Å². The number of piperazine rings is 1. The SMILES string of the molecule is COc1cccc(C(=O)N2CCN(Cc3cccc(Br)c3)CC2)c1.O=C(O)C(=O)O. The van der Waals surface area contributed by atoms with E-state index < -0.39 is 11.9 Å². The number of hydrogen-bond donors (Lipinski definition) is 2. The van der Waals surface area contributed by atoms with Gasteiger partial charge in [-0.1, -0.05) is 34.1 Å². The van der Waals surface area contributed by atoms with Crippen molar-refractivity contribution in [2.45, 2.75) is 6.54 Å². The maximum atomic E-state index is 12.6. The van der Waals surface area contributed by atoms with Gasteiger partial charge in [-0.2, -0.15) is 0 Å². The molecule has 1 fully saturated rings. The van der Waals surface area contributed by atoms with Crippen LogP contribution in [0.5, 0.6) is 5.75 Å². The highest BCUT2D eigenvalue weighted by Gasteiger charge is 2.22. The molecule has 2 aromatic rings. The number of ether oxygens (including phenoxy) is 1. The van der Waals surface area contributed by atoms with Crippen molar-refractivity contribution < 1.29 is 29.3 Å². The minimum atomic E-state index is -1.82. The fourth-order valence-electron chi connectivity index (χ4n) is 2.94. The molecule has 1 saturated heterocycles. The first-order chi connectivity index (χ1) is 14.3. The molecule has 8 nitrogen and oxygen atoms in total. The van der Waals surface area contributed by atoms with E-state index in [2.05, 4.69) is 39.0 Å². The Morgan fingerprint density at radius 3 is 2.17 bits per heavy atom. The summed E-state index contributed by atoms with van der Waals surface area (Å²) in [5, 5.41) is 14.8. The molecule has 0 atom stereocenters. The van der Waals surface area contributed by atoms with Crippen LogP contribution >= 0.6 is 15.9 Å². The van der Waals surface area contributed by atoms with Crippen molar-refractivity contribution in [3.63, 3.8) is 0 Å². The van der Waals surface area contributed by atoms with E-state index in [0.717, 1.165) is 37.2 Å². The quantitative estimate of drug-likeness (QED) is 0.650. The molecule has 2 aromatic carbocycles. The molecule has 1 amide bonds. The average Bonchev–Trinajstić information content (AvgIpc) is 2.74. The second-order valence-electron chi connectivity index (χ2n) is 6.54. The summed E-state index contributed by atoms with van der Waals surface area (Å²) in [5.74, 6) is -2.85. The summed E-state index contributed by atoms with van der Waals surface area (Å²) in [7, 11) is 1.62. The van der Waals surface area contributed by atoms with Gasteiger partial charge in [0.2, 0.25) is 0 Å². The second kappa shape index (κ2) is 11.3. The van der Waals surface area contributed by atoms with E-state index >= 15 is 0 Å². The van der Waals surface area contributed by atoms with Gasteiger partial charge in [0.15, 0.2) is 0 Å². The molecule has 160 valence electrons. The van der Waals surface area contributed by atoms with Crippen molar-refractivity contribution in [2.24, 2.45) is 0 Å². The molecule has 1 aliphatic rings. The fraction of sp³-hybridized carbons (Fsp3) is 0.286. The van der Waals surface area contributed by atoms with Crippen LogP contribution in [0.25, 0.3) is 0 Å². The van der Waals surface area contributed by atoms with E-state index in [1.807, 2.05) is 29.2 Å². The first-order valence-electron chi connectivity index (χ1n) is 9.16. The predicted molar refractivity (Wildman–Crippen MR) is 114 cm³/mol. The van der Waals surface area contributed by atoms with Gasteiger partial charge in [0, 0.05) is 42.8 Å². The number of carbonyl (C=O) groups is 3. The number of rotatable bonds is 4. The van der Waals surface area contributed by atoms with Gasteiger partial charge in [-0.3, -0.25) is 9.69 Å². The van der Waals surface area contributed by atoms with Gasteiger partial charge in [0.25, 0.3) is 5.91 Å². The summed E-state index contributed by atoms with van der Waals surface area (Å²) in [6.07, 6.45) is 0. The first kappa shape index (κ1) is 23.4. The fourth-order valence-corrected chi connectivity index (χ4v) is 3.39. The van der Waals surface area contributed by atoms with Gasteiger partial charge >= 0.3 is 11.9 Å². The molecule has 0 aliphatic carbocycles. The molecule has 0 aromatic heterocycles. The smallest absolute Gasteiger partial charge is 0.414 e. The highest BCUT2D eigenvalue weighted by Crippen LogP contribution is 2.17. The van der Waals surface area contributed by atoms with E-state index in [0.29, 0.717) is 11.3 Å². The number of carbonyl (C=O) groups excluding carboxylic acids is 1. The Hall–Kier alpha value is -2.91. The molecule has 30 heavy (non-hydrogen) atoms. The number of benzene rings is 2. The van der Waals surface area contributed by atoms with Gasteiger partial charge in [0.1, 0.15) is 5.75 Å². The molecule has 0 saturated carbocycles. The van der Waals surface area contributed by atoms with Crippen LogP contribution in [0.3, 0.4) is 0 Å². The number of carboxylic acids is 2. The van der Waals surface area contributed by atoms with Crippen LogP contribution in [0.4, 0.5) is 0 Å². The lowest BCUT2D eigenvalue weighted by atomic mass is 10.1. The molecule has 1 heterocycles. The molecule has 2 N–H and O–H groups in total. The Bertz CT molecular complexity index is 885. The zero-order valence-corrected chi connectivity index (χ0v) is 18.0. The van der Waals surface area contributed by atoms with E-state index in [1.165, 1.54) is 5.56 Å². The topological polar surface area (TPSA) is 107 Å². The summed E-state index contributed by atoms with van der Waals surface area (Å²) >= 11 is 3.51. The highest BCUT2D eigenvalue weighted by atomic mass is 79.9. The molecule has 3 rings (SSSR count). The summed E-state index contributed by atoms with van der Waals surface area (Å²) < 4.78 is 6.31. The minimum Gasteiger partial charge on any atom is -0.497 e. The van der Waals surface area contributed by atoms with E-state index in [4.69, 9.17) is 24.5 Å². The second-order valence-corrected chi connectivity index (χ2v) is 7.46. The third-order valence-electron chi connectivity index (χ3n) is 4.45. The Kier molecular flexibility index (Phi) is 8.82. The molecule has 9 heteroatoms. The molecule has 0 radical (unpaired) electrons. The number of nitrogens with zero attached hydrogens (tertiary/aromatic N) is 2. The summed E-state index contributed by atoms with van der Waals surface area (Å²) in [5.41, 5.74) is 1.98. The minimum absolute atomic E-state index is 0.0796.